The molecule has 3 aromatic rings. The van der Waals surface area contributed by atoms with Gasteiger partial charge in [-0.05, 0) is 60.2 Å². The Labute approximate surface area is 231 Å². The lowest BCUT2D eigenvalue weighted by molar-refractivity contribution is -0.146. The lowest BCUT2D eigenvalue weighted by Crippen LogP contribution is -2.52. The standard InChI is InChI=1S/C28H28ClN5O5/c1-38-25-8-3-2-7-24(25)33-13-15-34(16-14-33)28(37)27(36)32-30-18-20-9-11-23(12-10-20)39-19-26(35)31-22-6-4-5-21(29)17-22/h2-12,17-18H,13-16,19H2,1H3,(H,31,35)(H,32,36)/b30-18-. The highest BCUT2D eigenvalue weighted by Crippen LogP contribution is 2.28. The molecular weight excluding hydrogens is 522 g/mol. The number of piperazine rings is 1. The van der Waals surface area contributed by atoms with E-state index in [9.17, 15) is 14.4 Å². The maximum Gasteiger partial charge on any atom is 0.329 e. The zero-order valence-corrected chi connectivity index (χ0v) is 22.1. The molecule has 0 saturated carbocycles. The van der Waals surface area contributed by atoms with Crippen LogP contribution in [0.4, 0.5) is 11.4 Å². The fourth-order valence-electron chi connectivity index (χ4n) is 3.96. The second-order valence-corrected chi connectivity index (χ2v) is 9.00. The van der Waals surface area contributed by atoms with Crippen LogP contribution in [0.5, 0.6) is 11.5 Å². The normalized spacial score (nSPS) is 13.2. The Morgan fingerprint density at radius 2 is 1.72 bits per heavy atom. The first-order valence-electron chi connectivity index (χ1n) is 12.2. The van der Waals surface area contributed by atoms with E-state index in [1.165, 1.54) is 11.1 Å². The Hall–Kier alpha value is -4.57. The number of nitrogens with zero attached hydrogens (tertiary/aromatic N) is 3. The first-order chi connectivity index (χ1) is 18.9. The van der Waals surface area contributed by atoms with Crippen LogP contribution in [0.1, 0.15) is 5.56 Å². The summed E-state index contributed by atoms with van der Waals surface area (Å²) in [6, 6.07) is 21.3. The van der Waals surface area contributed by atoms with Crippen molar-refractivity contribution >= 4 is 46.9 Å². The smallest absolute Gasteiger partial charge is 0.329 e. The van der Waals surface area contributed by atoms with Gasteiger partial charge in [-0.15, -0.1) is 0 Å². The Balaban J connectivity index is 1.19. The van der Waals surface area contributed by atoms with Crippen molar-refractivity contribution in [3.8, 4) is 11.5 Å². The van der Waals surface area contributed by atoms with Gasteiger partial charge in [0.2, 0.25) is 0 Å². The fraction of sp³-hybridized carbons (Fsp3) is 0.214. The quantitative estimate of drug-likeness (QED) is 0.253. The highest BCUT2D eigenvalue weighted by atomic mass is 35.5. The van der Waals surface area contributed by atoms with Gasteiger partial charge in [0.25, 0.3) is 5.91 Å². The summed E-state index contributed by atoms with van der Waals surface area (Å²) in [4.78, 5) is 40.6. The van der Waals surface area contributed by atoms with E-state index in [1.54, 1.807) is 55.6 Å². The Kier molecular flexibility index (Phi) is 9.36. The van der Waals surface area contributed by atoms with Crippen molar-refractivity contribution < 1.29 is 23.9 Å². The summed E-state index contributed by atoms with van der Waals surface area (Å²) < 4.78 is 10.9. The number of hydrogen-bond donors (Lipinski definition) is 2. The zero-order valence-electron chi connectivity index (χ0n) is 21.3. The van der Waals surface area contributed by atoms with Crippen molar-refractivity contribution in [3.05, 3.63) is 83.4 Å². The van der Waals surface area contributed by atoms with E-state index in [0.717, 1.165) is 11.4 Å². The molecule has 11 heteroatoms. The molecule has 39 heavy (non-hydrogen) atoms. The third-order valence-electron chi connectivity index (χ3n) is 5.93. The molecule has 0 aliphatic carbocycles. The van der Waals surface area contributed by atoms with Crippen LogP contribution < -0.4 is 25.1 Å². The summed E-state index contributed by atoms with van der Waals surface area (Å²) in [6.45, 7) is 1.81. The molecule has 202 valence electrons. The molecule has 3 amide bonds. The van der Waals surface area contributed by atoms with Gasteiger partial charge < -0.3 is 24.6 Å². The maximum atomic E-state index is 12.6. The number of nitrogens with one attached hydrogen (secondary N) is 2. The summed E-state index contributed by atoms with van der Waals surface area (Å²) in [5, 5.41) is 7.11. The van der Waals surface area contributed by atoms with Gasteiger partial charge in [0.1, 0.15) is 11.5 Å². The zero-order chi connectivity index (χ0) is 27.6. The van der Waals surface area contributed by atoms with E-state index in [2.05, 4.69) is 20.7 Å². The Morgan fingerprint density at radius 3 is 2.44 bits per heavy atom. The first-order valence-corrected chi connectivity index (χ1v) is 12.6. The minimum absolute atomic E-state index is 0.175. The number of carbonyl (C=O) groups is 3. The Morgan fingerprint density at radius 1 is 0.974 bits per heavy atom. The van der Waals surface area contributed by atoms with Crippen molar-refractivity contribution in [1.29, 1.82) is 0 Å². The minimum atomic E-state index is -0.803. The molecule has 0 radical (unpaired) electrons. The molecular formula is C28H28ClN5O5. The van der Waals surface area contributed by atoms with Crippen LogP contribution >= 0.6 is 11.6 Å². The highest BCUT2D eigenvalue weighted by Gasteiger charge is 2.26. The molecule has 1 saturated heterocycles. The van der Waals surface area contributed by atoms with Crippen molar-refractivity contribution in [3.63, 3.8) is 0 Å². The van der Waals surface area contributed by atoms with E-state index in [1.807, 2.05) is 24.3 Å². The SMILES string of the molecule is COc1ccccc1N1CCN(C(=O)C(=O)N/N=C\c2ccc(OCC(=O)Nc3cccc(Cl)c3)cc2)CC1. The highest BCUT2D eigenvalue weighted by molar-refractivity contribution is 6.35. The monoisotopic (exact) mass is 549 g/mol. The molecule has 0 bridgehead atoms. The van der Waals surface area contributed by atoms with Gasteiger partial charge >= 0.3 is 11.8 Å². The minimum Gasteiger partial charge on any atom is -0.495 e. The number of hydrogen-bond acceptors (Lipinski definition) is 7. The molecule has 3 aromatic carbocycles. The third-order valence-corrected chi connectivity index (χ3v) is 6.16. The lowest BCUT2D eigenvalue weighted by Gasteiger charge is -2.36. The van der Waals surface area contributed by atoms with E-state index in [0.29, 0.717) is 48.2 Å². The summed E-state index contributed by atoms with van der Waals surface area (Å²) in [5.74, 6) is -0.506. The summed E-state index contributed by atoms with van der Waals surface area (Å²) in [6.07, 6.45) is 1.42. The molecule has 1 aliphatic heterocycles. The van der Waals surface area contributed by atoms with Crippen LogP contribution in [0.25, 0.3) is 0 Å². The Bertz CT molecular complexity index is 1340. The molecule has 1 aliphatic rings. The molecule has 0 atom stereocenters. The molecule has 4 rings (SSSR count). The predicted octanol–water partition coefficient (Wildman–Crippen LogP) is 3.17. The number of rotatable bonds is 8. The largest absolute Gasteiger partial charge is 0.495 e. The van der Waals surface area contributed by atoms with Crippen LogP contribution in [0.3, 0.4) is 0 Å². The number of para-hydroxylation sites is 2. The number of amides is 3. The van der Waals surface area contributed by atoms with Crippen LogP contribution in [0.15, 0.2) is 77.9 Å². The number of carbonyl (C=O) groups excluding carboxylic acids is 3. The predicted molar refractivity (Wildman–Crippen MR) is 150 cm³/mol. The number of hydrazone groups is 1. The van der Waals surface area contributed by atoms with Gasteiger partial charge in [0.15, 0.2) is 6.61 Å². The third kappa shape index (κ3) is 7.71. The fourth-order valence-corrected chi connectivity index (χ4v) is 4.15. The van der Waals surface area contributed by atoms with Crippen molar-refractivity contribution in [1.82, 2.24) is 10.3 Å². The maximum absolute atomic E-state index is 12.6. The van der Waals surface area contributed by atoms with Crippen molar-refractivity contribution in [2.24, 2.45) is 5.10 Å². The molecule has 1 heterocycles. The molecule has 0 spiro atoms. The van der Waals surface area contributed by atoms with Crippen LogP contribution in [-0.2, 0) is 14.4 Å². The van der Waals surface area contributed by atoms with Crippen molar-refractivity contribution in [2.75, 3.05) is 50.1 Å². The topological polar surface area (TPSA) is 113 Å². The number of ether oxygens (including phenoxy) is 2. The van der Waals surface area contributed by atoms with Crippen LogP contribution in [0, 0.1) is 0 Å². The first kappa shape index (κ1) is 27.5. The lowest BCUT2D eigenvalue weighted by atomic mass is 10.2. The second kappa shape index (κ2) is 13.3. The average Bonchev–Trinajstić information content (AvgIpc) is 2.96. The van der Waals surface area contributed by atoms with E-state index >= 15 is 0 Å². The molecule has 0 aromatic heterocycles. The number of halogens is 1. The second-order valence-electron chi connectivity index (χ2n) is 8.57. The molecule has 2 N–H and O–H groups in total. The van der Waals surface area contributed by atoms with Crippen LogP contribution in [-0.4, -0.2) is 68.7 Å². The summed E-state index contributed by atoms with van der Waals surface area (Å²) >= 11 is 5.91. The number of benzene rings is 3. The molecule has 1 fully saturated rings. The van der Waals surface area contributed by atoms with Gasteiger partial charge in [-0.3, -0.25) is 14.4 Å². The average molecular weight is 550 g/mol. The number of methoxy groups -OCH3 is 1. The van der Waals surface area contributed by atoms with Gasteiger partial charge in [0.05, 0.1) is 19.0 Å². The van der Waals surface area contributed by atoms with Crippen molar-refractivity contribution in [2.45, 2.75) is 0 Å². The van der Waals surface area contributed by atoms with E-state index < -0.39 is 11.8 Å². The van der Waals surface area contributed by atoms with E-state index in [-0.39, 0.29) is 12.5 Å². The van der Waals surface area contributed by atoms with Gasteiger partial charge in [0, 0.05) is 36.9 Å². The molecule has 0 unspecified atom stereocenters. The summed E-state index contributed by atoms with van der Waals surface area (Å²) in [7, 11) is 1.62. The van der Waals surface area contributed by atoms with E-state index in [4.69, 9.17) is 21.1 Å². The van der Waals surface area contributed by atoms with Gasteiger partial charge in [-0.2, -0.15) is 5.10 Å². The van der Waals surface area contributed by atoms with Crippen LogP contribution in [0.2, 0.25) is 5.02 Å². The molecule has 10 nitrogen and oxygen atoms in total. The van der Waals surface area contributed by atoms with Gasteiger partial charge in [-0.25, -0.2) is 5.43 Å². The number of anilines is 2. The summed E-state index contributed by atoms with van der Waals surface area (Å²) in [5.41, 5.74) is 4.49. The van der Waals surface area contributed by atoms with Gasteiger partial charge in [-0.1, -0.05) is 29.8 Å².